The average Bonchev–Trinajstić information content (AvgIpc) is 2.87. The van der Waals surface area contributed by atoms with Gasteiger partial charge in [0.25, 0.3) is 0 Å². The predicted molar refractivity (Wildman–Crippen MR) is 150 cm³/mol. The summed E-state index contributed by atoms with van der Waals surface area (Å²) in [6.45, 7) is 12.4. The lowest BCUT2D eigenvalue weighted by Crippen LogP contribution is -2.07. The Morgan fingerprint density at radius 2 is 0.694 bits per heavy atom. The molecule has 0 fully saturated rings. The molecule has 0 heterocycles. The molecule has 0 aromatic heterocycles. The van der Waals surface area contributed by atoms with Crippen LogP contribution in [0.5, 0.6) is 17.2 Å². The van der Waals surface area contributed by atoms with E-state index in [1.165, 1.54) is 33.4 Å². The Labute approximate surface area is 214 Å². The van der Waals surface area contributed by atoms with Crippen molar-refractivity contribution < 1.29 is 15.3 Å². The molecule has 36 heavy (non-hydrogen) atoms. The van der Waals surface area contributed by atoms with E-state index in [1.54, 1.807) is 18.2 Å². The highest BCUT2D eigenvalue weighted by atomic mass is 16.3. The predicted octanol–water partition coefficient (Wildman–Crippen LogP) is 8.42. The van der Waals surface area contributed by atoms with Crippen molar-refractivity contribution in [2.45, 2.75) is 60.8 Å². The quantitative estimate of drug-likeness (QED) is 0.259. The number of aryl methyl sites for hydroxylation is 3. The summed E-state index contributed by atoms with van der Waals surface area (Å²) >= 11 is 0. The monoisotopic (exact) mass is 480 g/mol. The lowest BCUT2D eigenvalue weighted by Gasteiger charge is -2.27. The highest BCUT2D eigenvalue weighted by Gasteiger charge is 2.25. The molecule has 0 aliphatic carbocycles. The van der Waals surface area contributed by atoms with Gasteiger partial charge in [0.2, 0.25) is 0 Å². The van der Waals surface area contributed by atoms with Gasteiger partial charge in [0.05, 0.1) is 0 Å². The summed E-state index contributed by atoms with van der Waals surface area (Å²) in [6.07, 6.45) is 2.54. The van der Waals surface area contributed by atoms with Crippen LogP contribution in [0.4, 0.5) is 0 Å². The van der Waals surface area contributed by atoms with Crippen molar-refractivity contribution in [3.63, 3.8) is 0 Å². The number of benzene rings is 4. The Bertz CT molecular complexity index is 1250. The lowest BCUT2D eigenvalue weighted by atomic mass is 9.77. The third kappa shape index (κ3) is 4.35. The van der Waals surface area contributed by atoms with E-state index in [1.807, 2.05) is 39.0 Å². The van der Waals surface area contributed by atoms with Crippen LogP contribution in [0, 0.1) is 20.8 Å². The fourth-order valence-electron chi connectivity index (χ4n) is 5.46. The number of phenolic OH excluding ortho intramolecular Hbond substituents is 3. The Hall–Kier alpha value is -3.72. The molecule has 3 nitrogen and oxygen atoms in total. The number of hydrogen-bond acceptors (Lipinski definition) is 3. The normalized spacial score (nSPS) is 11.2. The van der Waals surface area contributed by atoms with Gasteiger partial charge in [-0.15, -0.1) is 0 Å². The van der Waals surface area contributed by atoms with E-state index in [-0.39, 0.29) is 0 Å². The molecule has 0 amide bonds. The van der Waals surface area contributed by atoms with Crippen LogP contribution in [0.15, 0.2) is 54.6 Å². The van der Waals surface area contributed by atoms with Crippen LogP contribution in [-0.4, -0.2) is 15.3 Å². The van der Waals surface area contributed by atoms with E-state index in [2.05, 4.69) is 39.0 Å². The van der Waals surface area contributed by atoms with E-state index in [9.17, 15) is 15.3 Å². The molecule has 186 valence electrons. The molecule has 0 atom stereocenters. The Kier molecular flexibility index (Phi) is 7.12. The van der Waals surface area contributed by atoms with Crippen LogP contribution in [0.25, 0.3) is 33.4 Å². The first kappa shape index (κ1) is 25.4. The molecule has 0 spiro atoms. The first-order chi connectivity index (χ1) is 17.2. The molecular weight excluding hydrogens is 444 g/mol. The van der Waals surface area contributed by atoms with Crippen LogP contribution in [0.3, 0.4) is 0 Å². The Morgan fingerprint density at radius 1 is 0.444 bits per heavy atom. The summed E-state index contributed by atoms with van der Waals surface area (Å²) in [6, 6.07) is 17.6. The summed E-state index contributed by atoms with van der Waals surface area (Å²) in [4.78, 5) is 0. The highest BCUT2D eigenvalue weighted by Crippen LogP contribution is 2.47. The zero-order valence-corrected chi connectivity index (χ0v) is 22.2. The summed E-state index contributed by atoms with van der Waals surface area (Å²) in [5, 5.41) is 30.8. The molecule has 4 rings (SSSR count). The van der Waals surface area contributed by atoms with Gasteiger partial charge in [0, 0.05) is 0 Å². The van der Waals surface area contributed by atoms with Crippen LogP contribution >= 0.6 is 0 Å². The zero-order chi connectivity index (χ0) is 26.1. The number of phenols is 3. The number of rotatable bonds is 6. The Balaban J connectivity index is 2.23. The van der Waals surface area contributed by atoms with Crippen molar-refractivity contribution in [3.05, 3.63) is 88.0 Å². The molecule has 0 saturated carbocycles. The second-order valence-electron chi connectivity index (χ2n) is 9.63. The second kappa shape index (κ2) is 10.1. The van der Waals surface area contributed by atoms with Crippen molar-refractivity contribution >= 4 is 0 Å². The van der Waals surface area contributed by atoms with Crippen molar-refractivity contribution in [2.24, 2.45) is 0 Å². The molecule has 0 saturated heterocycles. The van der Waals surface area contributed by atoms with Crippen molar-refractivity contribution in [1.29, 1.82) is 0 Å². The van der Waals surface area contributed by atoms with Crippen molar-refractivity contribution in [2.75, 3.05) is 0 Å². The smallest absolute Gasteiger partial charge is 0.118 e. The molecule has 0 unspecified atom stereocenters. The largest absolute Gasteiger partial charge is 0.508 e. The third-order valence-corrected chi connectivity index (χ3v) is 7.33. The first-order valence-electron chi connectivity index (χ1n) is 12.8. The van der Waals surface area contributed by atoms with Gasteiger partial charge in [-0.25, -0.2) is 0 Å². The molecule has 3 N–H and O–H groups in total. The van der Waals surface area contributed by atoms with E-state index >= 15 is 0 Å². The Morgan fingerprint density at radius 3 is 0.889 bits per heavy atom. The zero-order valence-electron chi connectivity index (χ0n) is 22.2. The van der Waals surface area contributed by atoms with Gasteiger partial charge >= 0.3 is 0 Å². The minimum absolute atomic E-state index is 0.295. The lowest BCUT2D eigenvalue weighted by molar-refractivity contribution is 0.471. The molecule has 4 aromatic carbocycles. The molecular formula is C33H36O3. The molecule has 0 radical (unpaired) electrons. The van der Waals surface area contributed by atoms with Gasteiger partial charge in [0.15, 0.2) is 0 Å². The van der Waals surface area contributed by atoms with Gasteiger partial charge in [-0.3, -0.25) is 0 Å². The van der Waals surface area contributed by atoms with Crippen LogP contribution < -0.4 is 0 Å². The fraction of sp³-hybridized carbons (Fsp3) is 0.273. The van der Waals surface area contributed by atoms with Crippen LogP contribution in [0.1, 0.15) is 54.2 Å². The summed E-state index contributed by atoms with van der Waals surface area (Å²) < 4.78 is 0. The van der Waals surface area contributed by atoms with Gasteiger partial charge in [-0.05, 0) is 143 Å². The first-order valence-corrected chi connectivity index (χ1v) is 12.8. The number of aromatic hydroxyl groups is 3. The molecule has 3 heteroatoms. The maximum Gasteiger partial charge on any atom is 0.118 e. The van der Waals surface area contributed by atoms with E-state index in [0.717, 1.165) is 52.6 Å². The SMILES string of the molecule is CCc1c(-c2ccc(O)c(C)c2)c(CC)c(-c2ccc(O)c(C)c2)c(CC)c1-c1ccc(O)c(C)c1. The average molecular weight is 481 g/mol. The molecule has 0 bridgehead atoms. The van der Waals surface area contributed by atoms with Gasteiger partial charge < -0.3 is 15.3 Å². The van der Waals surface area contributed by atoms with Crippen LogP contribution in [-0.2, 0) is 19.3 Å². The van der Waals surface area contributed by atoms with Gasteiger partial charge in [-0.1, -0.05) is 39.0 Å². The standard InChI is InChI=1S/C33H36O3/c1-7-25-31(22-10-13-28(34)19(4)16-22)26(8-2)33(24-12-15-30(36)21(6)18-24)27(9-3)32(25)23-11-14-29(35)20(5)17-23/h10-18,34-36H,7-9H2,1-6H3. The fourth-order valence-corrected chi connectivity index (χ4v) is 5.46. The maximum absolute atomic E-state index is 10.3. The summed E-state index contributed by atoms with van der Waals surface area (Å²) in [5.74, 6) is 0.886. The molecule has 0 aliphatic rings. The van der Waals surface area contributed by atoms with E-state index < -0.39 is 0 Å². The topological polar surface area (TPSA) is 60.7 Å². The minimum atomic E-state index is 0.295. The minimum Gasteiger partial charge on any atom is -0.508 e. The highest BCUT2D eigenvalue weighted by molar-refractivity contribution is 5.92. The van der Waals surface area contributed by atoms with E-state index in [0.29, 0.717) is 17.2 Å². The molecule has 4 aromatic rings. The summed E-state index contributed by atoms with van der Waals surface area (Å²) in [5.41, 5.74) is 13.3. The second-order valence-corrected chi connectivity index (χ2v) is 9.63. The summed E-state index contributed by atoms with van der Waals surface area (Å²) in [7, 11) is 0. The molecule has 0 aliphatic heterocycles. The maximum atomic E-state index is 10.3. The van der Waals surface area contributed by atoms with Crippen molar-refractivity contribution in [1.82, 2.24) is 0 Å². The van der Waals surface area contributed by atoms with Gasteiger partial charge in [-0.2, -0.15) is 0 Å². The van der Waals surface area contributed by atoms with Crippen molar-refractivity contribution in [3.8, 4) is 50.6 Å². The third-order valence-electron chi connectivity index (χ3n) is 7.33. The van der Waals surface area contributed by atoms with Crippen LogP contribution in [0.2, 0.25) is 0 Å². The number of hydrogen-bond donors (Lipinski definition) is 3. The van der Waals surface area contributed by atoms with Gasteiger partial charge in [0.1, 0.15) is 17.2 Å². The van der Waals surface area contributed by atoms with E-state index in [4.69, 9.17) is 0 Å².